The van der Waals surface area contributed by atoms with E-state index in [-0.39, 0.29) is 5.92 Å². The molecular formula is C27H40N4O3. The summed E-state index contributed by atoms with van der Waals surface area (Å²) in [6, 6.07) is 4.08. The molecule has 0 spiro atoms. The van der Waals surface area contributed by atoms with Crippen LogP contribution in [0, 0.1) is 12.8 Å². The van der Waals surface area contributed by atoms with E-state index < -0.39 is 0 Å². The van der Waals surface area contributed by atoms with Crippen LogP contribution in [-0.2, 0) is 11.3 Å². The molecule has 7 nitrogen and oxygen atoms in total. The van der Waals surface area contributed by atoms with Gasteiger partial charge >= 0.3 is 0 Å². The molecule has 34 heavy (non-hydrogen) atoms. The Hall–Kier alpha value is -2.77. The van der Waals surface area contributed by atoms with Crippen LogP contribution in [0.3, 0.4) is 0 Å². The zero-order valence-electron chi connectivity index (χ0n) is 21.0. The maximum Gasteiger partial charge on any atom is 0.225 e. The number of hydrogen-bond acceptors (Lipinski definition) is 6. The van der Waals surface area contributed by atoms with Crippen LogP contribution in [-0.4, -0.2) is 80.6 Å². The molecule has 0 radical (unpaired) electrons. The first-order valence-electron chi connectivity index (χ1n) is 12.1. The molecule has 186 valence electrons. The standard InChI is InChI=1S/C27H40N4O3/c1-5-6-22(9-12-28)19-29-13-10-23(11-14-29)27(32)31-17-15-30(16-18-31)20-24-7-8-25(33-3)21(2)26(24)34-4/h5-9,12,23H,1,10-11,13-20,28H2,2-4H3/b12-9-,22-6+. The normalized spacial score (nSPS) is 18.9. The summed E-state index contributed by atoms with van der Waals surface area (Å²) in [6.07, 6.45) is 9.09. The lowest BCUT2D eigenvalue weighted by molar-refractivity contribution is -0.138. The van der Waals surface area contributed by atoms with Crippen LogP contribution in [0.1, 0.15) is 24.0 Å². The van der Waals surface area contributed by atoms with E-state index in [1.165, 1.54) is 0 Å². The Morgan fingerprint density at radius 2 is 1.79 bits per heavy atom. The molecule has 0 bridgehead atoms. The van der Waals surface area contributed by atoms with Gasteiger partial charge in [-0.2, -0.15) is 0 Å². The number of ether oxygens (including phenoxy) is 2. The Bertz CT molecular complexity index is 895. The second kappa shape index (κ2) is 12.6. The van der Waals surface area contributed by atoms with E-state index in [9.17, 15) is 4.79 Å². The minimum absolute atomic E-state index is 0.129. The predicted molar refractivity (Wildman–Crippen MR) is 137 cm³/mol. The van der Waals surface area contributed by atoms with Crippen molar-refractivity contribution in [3.8, 4) is 11.5 Å². The molecular weight excluding hydrogens is 428 g/mol. The second-order valence-corrected chi connectivity index (χ2v) is 9.07. The third kappa shape index (κ3) is 6.42. The summed E-state index contributed by atoms with van der Waals surface area (Å²) in [5.74, 6) is 2.17. The Morgan fingerprint density at radius 1 is 1.09 bits per heavy atom. The molecule has 0 unspecified atom stereocenters. The van der Waals surface area contributed by atoms with Gasteiger partial charge < -0.3 is 20.1 Å². The lowest BCUT2D eigenvalue weighted by Crippen LogP contribution is -2.51. The van der Waals surface area contributed by atoms with Crippen molar-refractivity contribution >= 4 is 5.91 Å². The molecule has 1 amide bonds. The number of likely N-dealkylation sites (tertiary alicyclic amines) is 1. The molecule has 0 aliphatic carbocycles. The van der Waals surface area contributed by atoms with Crippen molar-refractivity contribution < 1.29 is 14.3 Å². The summed E-state index contributed by atoms with van der Waals surface area (Å²) in [7, 11) is 3.39. The average Bonchev–Trinajstić information content (AvgIpc) is 2.85. The Kier molecular flexibility index (Phi) is 9.60. The van der Waals surface area contributed by atoms with Crippen molar-refractivity contribution in [3.63, 3.8) is 0 Å². The maximum absolute atomic E-state index is 13.2. The molecule has 2 saturated heterocycles. The first-order valence-corrected chi connectivity index (χ1v) is 12.1. The number of carbonyl (C=O) groups is 1. The molecule has 0 saturated carbocycles. The monoisotopic (exact) mass is 468 g/mol. The fourth-order valence-electron chi connectivity index (χ4n) is 5.02. The number of rotatable bonds is 9. The molecule has 2 fully saturated rings. The maximum atomic E-state index is 13.2. The number of amides is 1. The molecule has 0 aromatic heterocycles. The molecule has 1 aromatic rings. The van der Waals surface area contributed by atoms with Crippen LogP contribution in [0.2, 0.25) is 0 Å². The highest BCUT2D eigenvalue weighted by Gasteiger charge is 2.30. The van der Waals surface area contributed by atoms with Gasteiger partial charge in [0.25, 0.3) is 0 Å². The van der Waals surface area contributed by atoms with Crippen molar-refractivity contribution in [2.24, 2.45) is 11.7 Å². The van der Waals surface area contributed by atoms with Crippen LogP contribution >= 0.6 is 0 Å². The van der Waals surface area contributed by atoms with E-state index in [0.29, 0.717) is 5.91 Å². The third-order valence-electron chi connectivity index (χ3n) is 6.92. The zero-order valence-corrected chi connectivity index (χ0v) is 21.0. The highest BCUT2D eigenvalue weighted by Crippen LogP contribution is 2.32. The Balaban J connectivity index is 1.48. The van der Waals surface area contributed by atoms with Gasteiger partial charge in [-0.25, -0.2) is 0 Å². The van der Waals surface area contributed by atoms with Crippen molar-refractivity contribution in [2.75, 3.05) is 60.0 Å². The minimum atomic E-state index is 0.129. The number of nitrogens with zero attached hydrogens (tertiary/aromatic N) is 3. The lowest BCUT2D eigenvalue weighted by atomic mass is 9.94. The van der Waals surface area contributed by atoms with Gasteiger partial charge in [0.05, 0.1) is 14.2 Å². The van der Waals surface area contributed by atoms with Gasteiger partial charge in [-0.05, 0) is 56.8 Å². The minimum Gasteiger partial charge on any atom is -0.496 e. The zero-order chi connectivity index (χ0) is 24.5. The van der Waals surface area contributed by atoms with Gasteiger partial charge in [-0.3, -0.25) is 14.6 Å². The number of nitrogens with two attached hydrogens (primary N) is 1. The van der Waals surface area contributed by atoms with E-state index in [1.807, 2.05) is 25.1 Å². The quantitative estimate of drug-likeness (QED) is 0.562. The van der Waals surface area contributed by atoms with Crippen molar-refractivity contribution in [1.82, 2.24) is 14.7 Å². The van der Waals surface area contributed by atoms with Gasteiger partial charge in [0.1, 0.15) is 11.5 Å². The molecule has 3 rings (SSSR count). The summed E-state index contributed by atoms with van der Waals surface area (Å²) in [4.78, 5) is 20.0. The first kappa shape index (κ1) is 25.8. The number of methoxy groups -OCH3 is 2. The predicted octanol–water partition coefficient (Wildman–Crippen LogP) is 2.95. The smallest absolute Gasteiger partial charge is 0.225 e. The fourth-order valence-corrected chi connectivity index (χ4v) is 5.02. The fraction of sp³-hybridized carbons (Fsp3) is 0.519. The number of allylic oxidation sites excluding steroid dienone is 2. The van der Waals surface area contributed by atoms with E-state index >= 15 is 0 Å². The van der Waals surface area contributed by atoms with Crippen LogP contribution < -0.4 is 15.2 Å². The number of benzene rings is 1. The van der Waals surface area contributed by atoms with Crippen LogP contribution in [0.15, 0.2) is 48.7 Å². The SMILES string of the molecule is C=C/C=C(\C=C/N)CN1CCC(C(=O)N2CCN(Cc3ccc(OC)c(C)c3OC)CC2)CC1. The highest BCUT2D eigenvalue weighted by molar-refractivity contribution is 5.79. The summed E-state index contributed by atoms with van der Waals surface area (Å²) in [5, 5.41) is 0. The second-order valence-electron chi connectivity index (χ2n) is 9.07. The van der Waals surface area contributed by atoms with Crippen LogP contribution in [0.25, 0.3) is 0 Å². The van der Waals surface area contributed by atoms with E-state index in [0.717, 1.165) is 93.4 Å². The summed E-state index contributed by atoms with van der Waals surface area (Å²) in [6.45, 7) is 12.6. The molecule has 2 aliphatic rings. The van der Waals surface area contributed by atoms with Gasteiger partial charge in [0.15, 0.2) is 0 Å². The summed E-state index contributed by atoms with van der Waals surface area (Å²) in [5.41, 5.74) is 8.87. The van der Waals surface area contributed by atoms with E-state index in [1.54, 1.807) is 26.5 Å². The first-order chi connectivity index (χ1) is 16.5. The molecule has 0 atom stereocenters. The summed E-state index contributed by atoms with van der Waals surface area (Å²) < 4.78 is 11.1. The number of carbonyl (C=O) groups excluding carboxylic acids is 1. The van der Waals surface area contributed by atoms with E-state index in [4.69, 9.17) is 15.2 Å². The Labute approximate surface area is 204 Å². The van der Waals surface area contributed by atoms with Crippen molar-refractivity contribution in [3.05, 3.63) is 59.8 Å². The van der Waals surface area contributed by atoms with Crippen LogP contribution in [0.4, 0.5) is 0 Å². The van der Waals surface area contributed by atoms with Gasteiger partial charge in [-0.1, -0.05) is 24.8 Å². The summed E-state index contributed by atoms with van der Waals surface area (Å²) >= 11 is 0. The molecule has 2 aliphatic heterocycles. The average molecular weight is 469 g/mol. The largest absolute Gasteiger partial charge is 0.496 e. The number of hydrogen-bond donors (Lipinski definition) is 1. The van der Waals surface area contributed by atoms with Crippen LogP contribution in [0.5, 0.6) is 11.5 Å². The molecule has 2 N–H and O–H groups in total. The van der Waals surface area contributed by atoms with Gasteiger partial charge in [-0.15, -0.1) is 0 Å². The van der Waals surface area contributed by atoms with Gasteiger partial charge in [0, 0.05) is 56.3 Å². The number of piperazine rings is 1. The molecule has 1 aromatic carbocycles. The lowest BCUT2D eigenvalue weighted by Gasteiger charge is -2.38. The molecule has 7 heteroatoms. The van der Waals surface area contributed by atoms with Crippen molar-refractivity contribution in [2.45, 2.75) is 26.3 Å². The Morgan fingerprint density at radius 3 is 2.38 bits per heavy atom. The number of piperidine rings is 1. The topological polar surface area (TPSA) is 71.3 Å². The van der Waals surface area contributed by atoms with Gasteiger partial charge in [0.2, 0.25) is 5.91 Å². The van der Waals surface area contributed by atoms with Crippen molar-refractivity contribution in [1.29, 1.82) is 0 Å². The highest BCUT2D eigenvalue weighted by atomic mass is 16.5. The van der Waals surface area contributed by atoms with E-state index in [2.05, 4.69) is 27.3 Å². The third-order valence-corrected chi connectivity index (χ3v) is 6.92. The molecule has 2 heterocycles.